The van der Waals surface area contributed by atoms with Crippen LogP contribution >= 0.6 is 23.1 Å². The fraction of sp³-hybridized carbons (Fsp3) is 0.407. The van der Waals surface area contributed by atoms with E-state index < -0.39 is 5.97 Å². The zero-order valence-corrected chi connectivity index (χ0v) is 23.0. The Bertz CT molecular complexity index is 1280. The van der Waals surface area contributed by atoms with Gasteiger partial charge in [0.05, 0.1) is 18.4 Å². The van der Waals surface area contributed by atoms with E-state index in [9.17, 15) is 9.59 Å². The molecular weight excluding hydrogens is 508 g/mol. The molecule has 2 aromatic heterocycles. The fourth-order valence-corrected chi connectivity index (χ4v) is 6.43. The number of hydrogen-bond acceptors (Lipinski definition) is 8. The molecule has 0 fully saturated rings. The topological polar surface area (TPSA) is 95.3 Å². The average molecular weight is 541 g/mol. The predicted molar refractivity (Wildman–Crippen MR) is 147 cm³/mol. The highest BCUT2D eigenvalue weighted by atomic mass is 32.2. The van der Waals surface area contributed by atoms with Crippen LogP contribution in [0.1, 0.15) is 64.5 Å². The number of thiophene rings is 1. The number of anilines is 1. The molecule has 1 aliphatic rings. The van der Waals surface area contributed by atoms with E-state index in [-0.39, 0.29) is 17.8 Å². The number of benzene rings is 1. The highest BCUT2D eigenvalue weighted by molar-refractivity contribution is 7.99. The summed E-state index contributed by atoms with van der Waals surface area (Å²) in [4.78, 5) is 26.7. The van der Waals surface area contributed by atoms with Crippen molar-refractivity contribution in [2.75, 3.05) is 18.2 Å². The van der Waals surface area contributed by atoms with E-state index in [4.69, 9.17) is 9.47 Å². The number of allylic oxidation sites excluding steroid dienone is 1. The number of aryl methyl sites for hydroxylation is 2. The summed E-state index contributed by atoms with van der Waals surface area (Å²) in [5, 5.41) is 12.8. The molecule has 1 aromatic carbocycles. The Morgan fingerprint density at radius 3 is 2.78 bits per heavy atom. The van der Waals surface area contributed by atoms with Crippen LogP contribution < -0.4 is 10.1 Å². The fourth-order valence-electron chi connectivity index (χ4n) is 4.38. The molecule has 1 amide bonds. The molecule has 1 atom stereocenters. The molecule has 0 saturated carbocycles. The molecule has 2 heterocycles. The monoisotopic (exact) mass is 540 g/mol. The van der Waals surface area contributed by atoms with E-state index in [1.54, 1.807) is 6.08 Å². The van der Waals surface area contributed by atoms with Gasteiger partial charge in [-0.05, 0) is 56.7 Å². The first-order valence-electron chi connectivity index (χ1n) is 12.3. The number of nitrogens with one attached hydrogen (secondary N) is 1. The number of carbonyl (C=O) groups excluding carboxylic acids is 2. The number of amides is 1. The zero-order chi connectivity index (χ0) is 26.4. The number of esters is 1. The number of nitrogens with zero attached hydrogens (tertiary/aromatic N) is 3. The molecule has 0 bridgehead atoms. The molecular formula is C27H32N4O4S2. The number of methoxy groups -OCH3 is 1. The van der Waals surface area contributed by atoms with Gasteiger partial charge < -0.3 is 14.8 Å². The third-order valence-corrected chi connectivity index (χ3v) is 8.39. The van der Waals surface area contributed by atoms with E-state index in [0.717, 1.165) is 49.0 Å². The summed E-state index contributed by atoms with van der Waals surface area (Å²) < 4.78 is 13.1. The Labute approximate surface area is 225 Å². The van der Waals surface area contributed by atoms with Crippen LogP contribution in [0.3, 0.4) is 0 Å². The maximum Gasteiger partial charge on any atom is 0.341 e. The maximum absolute atomic E-state index is 12.9. The Balaban J connectivity index is 1.47. The summed E-state index contributed by atoms with van der Waals surface area (Å²) in [7, 11) is 1.37. The smallest absolute Gasteiger partial charge is 0.341 e. The number of para-hydroxylation sites is 1. The molecule has 8 nitrogen and oxygen atoms in total. The van der Waals surface area contributed by atoms with Crippen LogP contribution in [0, 0.1) is 6.92 Å². The highest BCUT2D eigenvalue weighted by Gasteiger charge is 2.27. The second-order valence-corrected chi connectivity index (χ2v) is 10.9. The van der Waals surface area contributed by atoms with Gasteiger partial charge in [-0.1, -0.05) is 42.5 Å². The minimum absolute atomic E-state index is 0.117. The SMILES string of the molecule is C=CCn1c(SCC(=O)Nc2sc3c(c2C(=O)OC)CCCCC3)nnc1C(C)Oc1ccccc1C. The quantitative estimate of drug-likeness (QED) is 0.151. The molecule has 0 aliphatic heterocycles. The molecule has 1 unspecified atom stereocenters. The largest absolute Gasteiger partial charge is 0.482 e. The first-order valence-corrected chi connectivity index (χ1v) is 14.1. The van der Waals surface area contributed by atoms with Crippen molar-refractivity contribution >= 4 is 40.0 Å². The Morgan fingerprint density at radius 1 is 1.24 bits per heavy atom. The number of fused-ring (bicyclic) bond motifs is 1. The van der Waals surface area contributed by atoms with Gasteiger partial charge in [-0.2, -0.15) is 0 Å². The minimum atomic E-state index is -0.402. The van der Waals surface area contributed by atoms with Crippen molar-refractivity contribution < 1.29 is 19.1 Å². The lowest BCUT2D eigenvalue weighted by molar-refractivity contribution is -0.113. The molecule has 3 aromatic rings. The van der Waals surface area contributed by atoms with Gasteiger partial charge in [0.2, 0.25) is 5.91 Å². The number of aromatic nitrogens is 3. The van der Waals surface area contributed by atoms with Gasteiger partial charge in [0.1, 0.15) is 10.8 Å². The van der Waals surface area contributed by atoms with Gasteiger partial charge in [0.25, 0.3) is 0 Å². The van der Waals surface area contributed by atoms with Crippen LogP contribution in [0.4, 0.5) is 5.00 Å². The Morgan fingerprint density at radius 2 is 2.03 bits per heavy atom. The second kappa shape index (κ2) is 12.4. The lowest BCUT2D eigenvalue weighted by Crippen LogP contribution is -2.17. The third-order valence-electron chi connectivity index (χ3n) is 6.21. The molecule has 0 spiro atoms. The summed E-state index contributed by atoms with van der Waals surface area (Å²) in [6.45, 7) is 8.25. The van der Waals surface area contributed by atoms with Gasteiger partial charge in [0.15, 0.2) is 17.1 Å². The van der Waals surface area contributed by atoms with Crippen LogP contribution in [-0.4, -0.2) is 39.5 Å². The van der Waals surface area contributed by atoms with Crippen molar-refractivity contribution in [1.82, 2.24) is 14.8 Å². The van der Waals surface area contributed by atoms with E-state index in [2.05, 4.69) is 22.1 Å². The molecule has 37 heavy (non-hydrogen) atoms. The molecule has 0 saturated heterocycles. The van der Waals surface area contributed by atoms with Gasteiger partial charge in [-0.15, -0.1) is 28.1 Å². The second-order valence-electron chi connectivity index (χ2n) is 8.86. The minimum Gasteiger partial charge on any atom is -0.482 e. The number of carbonyl (C=O) groups is 2. The number of ether oxygens (including phenoxy) is 2. The normalized spacial score (nSPS) is 13.8. The van der Waals surface area contributed by atoms with Gasteiger partial charge in [0, 0.05) is 11.4 Å². The zero-order valence-electron chi connectivity index (χ0n) is 21.4. The highest BCUT2D eigenvalue weighted by Crippen LogP contribution is 2.38. The first-order chi connectivity index (χ1) is 17.9. The molecule has 4 rings (SSSR count). The molecule has 10 heteroatoms. The summed E-state index contributed by atoms with van der Waals surface area (Å²) in [5.74, 6) is 0.935. The van der Waals surface area contributed by atoms with Crippen molar-refractivity contribution in [3.63, 3.8) is 0 Å². The van der Waals surface area contributed by atoms with Crippen LogP contribution in [0.15, 0.2) is 42.1 Å². The lowest BCUT2D eigenvalue weighted by Gasteiger charge is -2.17. The van der Waals surface area contributed by atoms with Crippen molar-refractivity contribution in [2.45, 2.75) is 63.8 Å². The van der Waals surface area contributed by atoms with Crippen molar-refractivity contribution in [1.29, 1.82) is 0 Å². The molecule has 196 valence electrons. The van der Waals surface area contributed by atoms with Crippen LogP contribution in [-0.2, 0) is 28.9 Å². The Kier molecular flexibility index (Phi) is 9.04. The average Bonchev–Trinajstić information content (AvgIpc) is 3.36. The van der Waals surface area contributed by atoms with Gasteiger partial charge in [-0.25, -0.2) is 4.79 Å². The molecule has 1 N–H and O–H groups in total. The van der Waals surface area contributed by atoms with Crippen LogP contribution in [0.5, 0.6) is 5.75 Å². The van der Waals surface area contributed by atoms with E-state index >= 15 is 0 Å². The molecule has 0 radical (unpaired) electrons. The predicted octanol–water partition coefficient (Wildman–Crippen LogP) is 5.76. The summed E-state index contributed by atoms with van der Waals surface area (Å²) in [6, 6.07) is 7.81. The number of rotatable bonds is 10. The van der Waals surface area contributed by atoms with E-state index in [1.165, 1.54) is 35.1 Å². The van der Waals surface area contributed by atoms with Crippen LogP contribution in [0.2, 0.25) is 0 Å². The summed E-state index contributed by atoms with van der Waals surface area (Å²) in [6.07, 6.45) is 6.43. The van der Waals surface area contributed by atoms with Crippen molar-refractivity contribution in [3.05, 3.63) is 64.3 Å². The van der Waals surface area contributed by atoms with E-state index in [0.29, 0.717) is 28.1 Å². The summed E-state index contributed by atoms with van der Waals surface area (Å²) >= 11 is 2.77. The first kappa shape index (κ1) is 26.9. The third kappa shape index (κ3) is 6.24. The molecule has 1 aliphatic carbocycles. The van der Waals surface area contributed by atoms with Gasteiger partial charge in [-0.3, -0.25) is 9.36 Å². The van der Waals surface area contributed by atoms with Crippen LogP contribution in [0.25, 0.3) is 0 Å². The Hall–Kier alpha value is -3.11. The van der Waals surface area contributed by atoms with Crippen molar-refractivity contribution in [2.24, 2.45) is 0 Å². The standard InChI is InChI=1S/C27H32N4O4S2/c1-5-15-31-24(18(3)35-20-13-10-9-11-17(20)2)29-30-27(31)36-16-22(32)28-25-23(26(33)34-4)19-12-7-6-8-14-21(19)37-25/h5,9-11,13,18H,1,6-8,12,14-16H2,2-4H3,(H,28,32). The number of hydrogen-bond donors (Lipinski definition) is 1. The maximum atomic E-state index is 12.9. The number of thioether (sulfide) groups is 1. The van der Waals surface area contributed by atoms with Crippen molar-refractivity contribution in [3.8, 4) is 5.75 Å². The lowest BCUT2D eigenvalue weighted by atomic mass is 10.1. The van der Waals surface area contributed by atoms with Gasteiger partial charge >= 0.3 is 5.97 Å². The van der Waals surface area contributed by atoms with E-state index in [1.807, 2.05) is 42.7 Å². The summed E-state index contributed by atoms with van der Waals surface area (Å²) in [5.41, 5.74) is 2.56.